The molecule has 1 heterocycles. The van der Waals surface area contributed by atoms with Gasteiger partial charge in [-0.05, 0) is 31.2 Å². The van der Waals surface area contributed by atoms with Gasteiger partial charge >= 0.3 is 11.3 Å². The molecule has 0 bridgehead atoms. The van der Waals surface area contributed by atoms with E-state index in [1.165, 1.54) is 0 Å². The summed E-state index contributed by atoms with van der Waals surface area (Å²) in [6.45, 7) is 1.58. The van der Waals surface area contributed by atoms with Crippen LogP contribution in [0.15, 0.2) is 33.9 Å². The first kappa shape index (κ1) is 16.2. The van der Waals surface area contributed by atoms with Gasteiger partial charge in [0.2, 0.25) is 15.7 Å². The molecule has 0 saturated heterocycles. The molecule has 1 atom stereocenters. The average Bonchev–Trinajstić information content (AvgIpc) is 2.91. The second-order valence-corrected chi connectivity index (χ2v) is 6.84. The summed E-state index contributed by atoms with van der Waals surface area (Å²) in [4.78, 5) is 11.8. The second kappa shape index (κ2) is 6.32. The van der Waals surface area contributed by atoms with Crippen LogP contribution in [0.5, 0.6) is 0 Å². The fourth-order valence-electron chi connectivity index (χ4n) is 1.50. The number of sulfone groups is 1. The molecule has 0 saturated carbocycles. The van der Waals surface area contributed by atoms with E-state index in [2.05, 4.69) is 20.8 Å². The summed E-state index contributed by atoms with van der Waals surface area (Å²) in [6, 6.07) is 5.39. The summed E-state index contributed by atoms with van der Waals surface area (Å²) in [5, 5.41) is 12.2. The number of amides is 2. The molecule has 8 nitrogen and oxygen atoms in total. The summed E-state index contributed by atoms with van der Waals surface area (Å²) in [7, 11) is -3.58. The highest BCUT2D eigenvalue weighted by Crippen LogP contribution is 2.15. The fraction of sp³-hybridized carbons (Fsp3) is 0.250. The third kappa shape index (κ3) is 4.18. The van der Waals surface area contributed by atoms with Crippen LogP contribution < -0.4 is 10.6 Å². The lowest BCUT2D eigenvalue weighted by molar-refractivity contribution is 0.246. The maximum absolute atomic E-state index is 11.8. The van der Waals surface area contributed by atoms with E-state index in [-0.39, 0.29) is 5.89 Å². The molecule has 0 aliphatic rings. The molecule has 1 aromatic heterocycles. The molecule has 22 heavy (non-hydrogen) atoms. The number of anilines is 1. The Labute approximate surface area is 131 Å². The number of nitrogens with zero attached hydrogens (tertiary/aromatic N) is 2. The highest BCUT2D eigenvalue weighted by Gasteiger charge is 2.21. The fourth-order valence-corrected chi connectivity index (χ4v) is 2.06. The van der Waals surface area contributed by atoms with E-state index in [0.717, 1.165) is 6.26 Å². The molecule has 2 amide bonds. The summed E-state index contributed by atoms with van der Waals surface area (Å²) in [5.74, 6) is -0.00770. The van der Waals surface area contributed by atoms with Gasteiger partial charge in [0.25, 0.3) is 0 Å². The van der Waals surface area contributed by atoms with Crippen molar-refractivity contribution in [1.82, 2.24) is 15.5 Å². The monoisotopic (exact) mass is 344 g/mol. The molecule has 0 unspecified atom stereocenters. The number of hydrogen-bond acceptors (Lipinski definition) is 6. The third-order valence-corrected chi connectivity index (χ3v) is 3.61. The van der Waals surface area contributed by atoms with Gasteiger partial charge in [0.05, 0.1) is 0 Å². The number of urea groups is 1. The standard InChI is InChI=1S/C12H13ClN4O4S/c1-7(10-16-17-12(21-10)22(2,19)20)14-11(18)15-9-5-3-8(13)4-6-9/h3-7H,1-2H3,(H2,14,15,18)/t7-/m0/s1. The van der Waals surface area contributed by atoms with Crippen molar-refractivity contribution in [3.8, 4) is 0 Å². The highest BCUT2D eigenvalue weighted by molar-refractivity contribution is 7.90. The van der Waals surface area contributed by atoms with E-state index < -0.39 is 27.1 Å². The van der Waals surface area contributed by atoms with Gasteiger partial charge in [0.15, 0.2) is 0 Å². The van der Waals surface area contributed by atoms with E-state index in [1.54, 1.807) is 31.2 Å². The maximum atomic E-state index is 11.8. The zero-order valence-electron chi connectivity index (χ0n) is 11.7. The van der Waals surface area contributed by atoms with Gasteiger partial charge in [-0.2, -0.15) is 0 Å². The lowest BCUT2D eigenvalue weighted by Crippen LogP contribution is -2.31. The Hall–Kier alpha value is -2.13. The molecular weight excluding hydrogens is 332 g/mol. The van der Waals surface area contributed by atoms with Gasteiger partial charge in [-0.15, -0.1) is 5.10 Å². The summed E-state index contributed by atoms with van der Waals surface area (Å²) in [6.07, 6.45) is 0.954. The maximum Gasteiger partial charge on any atom is 0.335 e. The number of nitrogens with one attached hydrogen (secondary N) is 2. The first-order valence-corrected chi connectivity index (χ1v) is 8.39. The number of rotatable bonds is 4. The lowest BCUT2D eigenvalue weighted by atomic mass is 10.3. The molecular formula is C12H13ClN4O4S. The SMILES string of the molecule is C[C@H](NC(=O)Nc1ccc(Cl)cc1)c1nnc(S(C)(=O)=O)o1. The van der Waals surface area contributed by atoms with Crippen molar-refractivity contribution in [1.29, 1.82) is 0 Å². The Morgan fingerprint density at radius 2 is 1.91 bits per heavy atom. The predicted molar refractivity (Wildman–Crippen MR) is 79.4 cm³/mol. The Kier molecular flexibility index (Phi) is 4.67. The van der Waals surface area contributed by atoms with Crippen molar-refractivity contribution in [3.05, 3.63) is 35.2 Å². The van der Waals surface area contributed by atoms with Crippen LogP contribution in [0.4, 0.5) is 10.5 Å². The van der Waals surface area contributed by atoms with Gasteiger partial charge in [-0.1, -0.05) is 16.7 Å². The Balaban J connectivity index is 1.99. The van der Waals surface area contributed by atoms with Crippen molar-refractivity contribution in [3.63, 3.8) is 0 Å². The lowest BCUT2D eigenvalue weighted by Gasteiger charge is -2.11. The zero-order chi connectivity index (χ0) is 16.3. The molecule has 1 aromatic carbocycles. The van der Waals surface area contributed by atoms with Crippen molar-refractivity contribution >= 4 is 33.2 Å². The molecule has 118 valence electrons. The molecule has 10 heteroatoms. The molecule has 2 rings (SSSR count). The van der Waals surface area contributed by atoms with Gasteiger partial charge in [0, 0.05) is 17.0 Å². The molecule has 0 spiro atoms. The first-order chi connectivity index (χ1) is 10.3. The van der Waals surface area contributed by atoms with Gasteiger partial charge in [-0.3, -0.25) is 0 Å². The normalized spacial score (nSPS) is 12.7. The topological polar surface area (TPSA) is 114 Å². The Bertz CT molecular complexity index is 773. The van der Waals surface area contributed by atoms with Gasteiger partial charge < -0.3 is 15.1 Å². The molecule has 0 aliphatic heterocycles. The van der Waals surface area contributed by atoms with Gasteiger partial charge in [-0.25, -0.2) is 13.2 Å². The first-order valence-electron chi connectivity index (χ1n) is 6.12. The van der Waals surface area contributed by atoms with Crippen LogP contribution in [0.2, 0.25) is 5.02 Å². The highest BCUT2D eigenvalue weighted by atomic mass is 35.5. The molecule has 2 N–H and O–H groups in total. The van der Waals surface area contributed by atoms with Crippen molar-refractivity contribution < 1.29 is 17.6 Å². The Morgan fingerprint density at radius 3 is 2.45 bits per heavy atom. The van der Waals surface area contributed by atoms with E-state index in [9.17, 15) is 13.2 Å². The number of hydrogen-bond donors (Lipinski definition) is 2. The third-order valence-electron chi connectivity index (χ3n) is 2.56. The van der Waals surface area contributed by atoms with E-state index in [1.807, 2.05) is 0 Å². The van der Waals surface area contributed by atoms with E-state index >= 15 is 0 Å². The van der Waals surface area contributed by atoms with Crippen LogP contribution in [-0.2, 0) is 9.84 Å². The molecule has 0 aliphatic carbocycles. The average molecular weight is 345 g/mol. The zero-order valence-corrected chi connectivity index (χ0v) is 13.3. The number of halogens is 1. The van der Waals surface area contributed by atoms with E-state index in [4.69, 9.17) is 16.0 Å². The minimum absolute atomic E-state index is 0.00770. The minimum Gasteiger partial charge on any atom is -0.410 e. The summed E-state index contributed by atoms with van der Waals surface area (Å²) < 4.78 is 27.5. The Morgan fingerprint density at radius 1 is 1.27 bits per heavy atom. The van der Waals surface area contributed by atoms with Crippen LogP contribution in [0, 0.1) is 0 Å². The summed E-state index contributed by atoms with van der Waals surface area (Å²) in [5.41, 5.74) is 0.552. The largest absolute Gasteiger partial charge is 0.410 e. The van der Waals surface area contributed by atoms with Crippen molar-refractivity contribution in [2.75, 3.05) is 11.6 Å². The smallest absolute Gasteiger partial charge is 0.335 e. The van der Waals surface area contributed by atoms with Crippen LogP contribution in [0.1, 0.15) is 18.9 Å². The number of carbonyl (C=O) groups excluding carboxylic acids is 1. The molecule has 2 aromatic rings. The molecule has 0 radical (unpaired) electrons. The second-order valence-electron chi connectivity index (χ2n) is 4.51. The number of aromatic nitrogens is 2. The van der Waals surface area contributed by atoms with Crippen molar-refractivity contribution in [2.24, 2.45) is 0 Å². The van der Waals surface area contributed by atoms with Crippen molar-refractivity contribution in [2.45, 2.75) is 18.2 Å². The number of benzene rings is 1. The van der Waals surface area contributed by atoms with Crippen LogP contribution >= 0.6 is 11.6 Å². The predicted octanol–water partition coefficient (Wildman–Crippen LogP) is 2.01. The van der Waals surface area contributed by atoms with Crippen LogP contribution in [0.25, 0.3) is 0 Å². The van der Waals surface area contributed by atoms with Crippen LogP contribution in [-0.4, -0.2) is 30.9 Å². The quantitative estimate of drug-likeness (QED) is 0.876. The molecule has 0 fully saturated rings. The van der Waals surface area contributed by atoms with E-state index in [0.29, 0.717) is 10.7 Å². The minimum atomic E-state index is -3.58. The number of carbonyl (C=O) groups is 1. The van der Waals surface area contributed by atoms with Gasteiger partial charge in [0.1, 0.15) is 6.04 Å². The van der Waals surface area contributed by atoms with Crippen LogP contribution in [0.3, 0.4) is 0 Å². The summed E-state index contributed by atoms with van der Waals surface area (Å²) >= 11 is 5.75.